The molecule has 0 saturated carbocycles. The first-order valence-corrected chi connectivity index (χ1v) is 10.4. The van der Waals surface area contributed by atoms with Crippen molar-refractivity contribution in [3.63, 3.8) is 0 Å². The summed E-state index contributed by atoms with van der Waals surface area (Å²) >= 11 is 0. The van der Waals surface area contributed by atoms with Crippen LogP contribution >= 0.6 is 0 Å². The molecule has 1 aromatic rings. The van der Waals surface area contributed by atoms with Crippen LogP contribution in [0, 0.1) is 11.8 Å². The fourth-order valence-electron chi connectivity index (χ4n) is 4.10. The second-order valence-electron chi connectivity index (χ2n) is 9.15. The van der Waals surface area contributed by atoms with Crippen LogP contribution in [0.25, 0.3) is 0 Å². The maximum atomic E-state index is 3.70. The molecule has 0 aromatic heterocycles. The van der Waals surface area contributed by atoms with Crippen molar-refractivity contribution in [1.82, 2.24) is 4.90 Å². The Morgan fingerprint density at radius 1 is 1.20 bits per heavy atom. The maximum Gasteiger partial charge on any atom is 0.0375 e. The van der Waals surface area contributed by atoms with Crippen LogP contribution in [0.2, 0.25) is 0 Å². The van der Waals surface area contributed by atoms with Gasteiger partial charge < -0.3 is 10.2 Å². The number of hydrogen-bond acceptors (Lipinski definition) is 2. The molecule has 2 rings (SSSR count). The number of nitrogens with one attached hydrogen (secondary N) is 1. The van der Waals surface area contributed by atoms with Gasteiger partial charge in [-0.3, -0.25) is 0 Å². The summed E-state index contributed by atoms with van der Waals surface area (Å²) in [5, 5.41) is 3.70. The third kappa shape index (κ3) is 5.23. The van der Waals surface area contributed by atoms with Crippen molar-refractivity contribution >= 4 is 5.69 Å². The molecule has 0 aliphatic carbocycles. The molecule has 0 radical (unpaired) electrons. The van der Waals surface area contributed by atoms with E-state index in [1.165, 1.54) is 49.3 Å². The molecule has 1 aromatic carbocycles. The number of anilines is 1. The van der Waals surface area contributed by atoms with E-state index >= 15 is 0 Å². The summed E-state index contributed by atoms with van der Waals surface area (Å²) in [7, 11) is 0. The summed E-state index contributed by atoms with van der Waals surface area (Å²) in [6, 6.07) is 7.05. The van der Waals surface area contributed by atoms with Crippen LogP contribution in [0.1, 0.15) is 78.4 Å². The highest BCUT2D eigenvalue weighted by Gasteiger charge is 2.27. The summed E-state index contributed by atoms with van der Waals surface area (Å²) in [5.74, 6) is 2.19. The summed E-state index contributed by atoms with van der Waals surface area (Å²) in [6.45, 7) is 21.0. The van der Waals surface area contributed by atoms with Gasteiger partial charge in [-0.2, -0.15) is 0 Å². The molecule has 2 heteroatoms. The van der Waals surface area contributed by atoms with Gasteiger partial charge >= 0.3 is 0 Å². The Labute approximate surface area is 156 Å². The second-order valence-corrected chi connectivity index (χ2v) is 9.15. The minimum Gasteiger partial charge on any atom is -0.385 e. The Kier molecular flexibility index (Phi) is 6.96. The van der Waals surface area contributed by atoms with Crippen molar-refractivity contribution in [3.05, 3.63) is 29.3 Å². The van der Waals surface area contributed by atoms with E-state index in [0.717, 1.165) is 18.4 Å². The number of rotatable bonds is 7. The first kappa shape index (κ1) is 20.3. The van der Waals surface area contributed by atoms with E-state index in [9.17, 15) is 0 Å². The summed E-state index contributed by atoms with van der Waals surface area (Å²) < 4.78 is 0. The molecule has 1 aliphatic rings. The molecule has 142 valence electrons. The normalized spacial score (nSPS) is 21.8. The van der Waals surface area contributed by atoms with Gasteiger partial charge in [-0.1, -0.05) is 60.6 Å². The highest BCUT2D eigenvalue weighted by atomic mass is 15.1. The monoisotopic (exact) mass is 344 g/mol. The van der Waals surface area contributed by atoms with E-state index in [0.29, 0.717) is 5.92 Å². The molecule has 0 fully saturated rings. The standard InChI is InChI=1S/C23H40N2/c1-8-25(9-2)16-17(3)10-11-19-15-24-22-13-12-20(23(5,6)7)14-21(22)18(19)4/h12-14,17-19,24H,8-11,15-16H2,1-7H3. The van der Waals surface area contributed by atoms with Crippen molar-refractivity contribution in [2.24, 2.45) is 11.8 Å². The van der Waals surface area contributed by atoms with Crippen LogP contribution in [0.3, 0.4) is 0 Å². The fourth-order valence-corrected chi connectivity index (χ4v) is 4.10. The van der Waals surface area contributed by atoms with E-state index in [1.54, 1.807) is 0 Å². The average molecular weight is 345 g/mol. The molecule has 1 N–H and O–H groups in total. The molecule has 25 heavy (non-hydrogen) atoms. The summed E-state index contributed by atoms with van der Waals surface area (Å²) in [5.41, 5.74) is 4.56. The molecule has 0 saturated heterocycles. The quantitative estimate of drug-likeness (QED) is 0.663. The smallest absolute Gasteiger partial charge is 0.0375 e. The topological polar surface area (TPSA) is 15.3 Å². The van der Waals surface area contributed by atoms with Crippen LogP contribution in [0.4, 0.5) is 5.69 Å². The molecule has 3 atom stereocenters. The third-order valence-corrected chi connectivity index (χ3v) is 6.16. The zero-order valence-corrected chi connectivity index (χ0v) is 17.7. The van der Waals surface area contributed by atoms with E-state index < -0.39 is 0 Å². The Hall–Kier alpha value is -1.02. The predicted octanol–water partition coefficient (Wildman–Crippen LogP) is 5.89. The first-order chi connectivity index (χ1) is 11.8. The average Bonchev–Trinajstić information content (AvgIpc) is 2.58. The molecule has 1 aliphatic heterocycles. The van der Waals surface area contributed by atoms with E-state index in [2.05, 4.69) is 76.9 Å². The zero-order valence-electron chi connectivity index (χ0n) is 17.7. The van der Waals surface area contributed by atoms with Gasteiger partial charge in [-0.05, 0) is 66.3 Å². The van der Waals surface area contributed by atoms with Gasteiger partial charge in [0.05, 0.1) is 0 Å². The molecule has 1 heterocycles. The molecule has 2 nitrogen and oxygen atoms in total. The number of fused-ring (bicyclic) bond motifs is 1. The molecule has 0 spiro atoms. The van der Waals surface area contributed by atoms with Crippen molar-refractivity contribution in [3.8, 4) is 0 Å². The minimum atomic E-state index is 0.222. The Bertz CT molecular complexity index is 540. The Balaban J connectivity index is 1.99. The van der Waals surface area contributed by atoms with Crippen LogP contribution in [0.15, 0.2) is 18.2 Å². The third-order valence-electron chi connectivity index (χ3n) is 6.16. The largest absolute Gasteiger partial charge is 0.385 e. The van der Waals surface area contributed by atoms with Crippen LogP contribution in [0.5, 0.6) is 0 Å². The van der Waals surface area contributed by atoms with Crippen molar-refractivity contribution in [1.29, 1.82) is 0 Å². The van der Waals surface area contributed by atoms with Gasteiger partial charge in [-0.25, -0.2) is 0 Å². The van der Waals surface area contributed by atoms with Gasteiger partial charge in [-0.15, -0.1) is 0 Å². The van der Waals surface area contributed by atoms with Crippen molar-refractivity contribution < 1.29 is 0 Å². The lowest BCUT2D eigenvalue weighted by molar-refractivity contribution is 0.243. The molecular weight excluding hydrogens is 304 g/mol. The molecule has 0 amide bonds. The van der Waals surface area contributed by atoms with Gasteiger partial charge in [0.15, 0.2) is 0 Å². The lowest BCUT2D eigenvalue weighted by Crippen LogP contribution is -2.30. The highest BCUT2D eigenvalue weighted by molar-refractivity contribution is 5.57. The first-order valence-electron chi connectivity index (χ1n) is 10.4. The van der Waals surface area contributed by atoms with Gasteiger partial charge in [0.1, 0.15) is 0 Å². The van der Waals surface area contributed by atoms with Gasteiger partial charge in [0, 0.05) is 18.8 Å². The Morgan fingerprint density at radius 2 is 1.88 bits per heavy atom. The number of benzene rings is 1. The van der Waals surface area contributed by atoms with E-state index in [4.69, 9.17) is 0 Å². The Morgan fingerprint density at radius 3 is 2.48 bits per heavy atom. The maximum absolute atomic E-state index is 3.70. The lowest BCUT2D eigenvalue weighted by atomic mass is 9.77. The molecule has 3 unspecified atom stereocenters. The van der Waals surface area contributed by atoms with Gasteiger partial charge in [0.25, 0.3) is 0 Å². The van der Waals surface area contributed by atoms with Crippen molar-refractivity contribution in [2.45, 2.75) is 72.6 Å². The van der Waals surface area contributed by atoms with Gasteiger partial charge in [0.2, 0.25) is 0 Å². The SMILES string of the molecule is CCN(CC)CC(C)CCC1CNc2ccc(C(C)(C)C)cc2C1C. The predicted molar refractivity (Wildman–Crippen MR) is 112 cm³/mol. The van der Waals surface area contributed by atoms with Crippen molar-refractivity contribution in [2.75, 3.05) is 31.5 Å². The second kappa shape index (κ2) is 8.58. The highest BCUT2D eigenvalue weighted by Crippen LogP contribution is 2.39. The van der Waals surface area contributed by atoms with E-state index in [-0.39, 0.29) is 5.41 Å². The number of nitrogens with zero attached hydrogens (tertiary/aromatic N) is 1. The molecule has 0 bridgehead atoms. The summed E-state index contributed by atoms with van der Waals surface area (Å²) in [6.07, 6.45) is 2.66. The van der Waals surface area contributed by atoms with Crippen LogP contribution < -0.4 is 5.32 Å². The lowest BCUT2D eigenvalue weighted by Gasteiger charge is -2.34. The van der Waals surface area contributed by atoms with E-state index in [1.807, 2.05) is 0 Å². The number of hydrogen-bond donors (Lipinski definition) is 1. The zero-order chi connectivity index (χ0) is 18.6. The van der Waals surface area contributed by atoms with Crippen LogP contribution in [-0.2, 0) is 5.41 Å². The van der Waals surface area contributed by atoms with Crippen LogP contribution in [-0.4, -0.2) is 31.1 Å². The fraction of sp³-hybridized carbons (Fsp3) is 0.739. The summed E-state index contributed by atoms with van der Waals surface area (Å²) in [4.78, 5) is 2.55. The minimum absolute atomic E-state index is 0.222. The molecular formula is C23H40N2.